The Bertz CT molecular complexity index is 1230. The van der Waals surface area contributed by atoms with Crippen molar-refractivity contribution in [2.24, 2.45) is 10.2 Å². The van der Waals surface area contributed by atoms with Gasteiger partial charge in [0.1, 0.15) is 5.69 Å². The van der Waals surface area contributed by atoms with E-state index in [9.17, 15) is 15.0 Å². The highest BCUT2D eigenvalue weighted by atomic mass is 79.9. The summed E-state index contributed by atoms with van der Waals surface area (Å²) in [6.07, 6.45) is 0. The molecule has 7 heteroatoms. The van der Waals surface area contributed by atoms with Crippen molar-refractivity contribution < 1.29 is 15.0 Å². The van der Waals surface area contributed by atoms with Crippen LogP contribution in [0.5, 0.6) is 5.88 Å². The van der Waals surface area contributed by atoms with Crippen molar-refractivity contribution in [1.29, 1.82) is 0 Å². The number of aromatic nitrogens is 1. The van der Waals surface area contributed by atoms with E-state index in [0.29, 0.717) is 12.2 Å². The highest BCUT2D eigenvalue weighted by Gasteiger charge is 2.17. The van der Waals surface area contributed by atoms with Crippen molar-refractivity contribution in [2.45, 2.75) is 6.54 Å². The number of carboxylic acids is 1. The number of aromatic hydroxyl groups is 1. The van der Waals surface area contributed by atoms with E-state index in [2.05, 4.69) is 26.2 Å². The van der Waals surface area contributed by atoms with Crippen molar-refractivity contribution in [3.05, 3.63) is 88.4 Å². The van der Waals surface area contributed by atoms with Crippen LogP contribution < -0.4 is 0 Å². The molecule has 0 aliphatic carbocycles. The fraction of sp³-hybridized carbons (Fsp3) is 0.0455. The molecular formula is C22H16BrN3O3. The van der Waals surface area contributed by atoms with Gasteiger partial charge in [0, 0.05) is 9.86 Å². The number of azo groups is 1. The SMILES string of the molecule is O=C(O)c1ccccc1N=Nc1c(O)n(Cc2ccc(Br)cc2)c2ccccc12. The van der Waals surface area contributed by atoms with Gasteiger partial charge in [0.25, 0.3) is 0 Å². The van der Waals surface area contributed by atoms with E-state index in [4.69, 9.17) is 0 Å². The van der Waals surface area contributed by atoms with Crippen LogP contribution in [0.2, 0.25) is 0 Å². The Kier molecular flexibility index (Phi) is 5.14. The minimum atomic E-state index is -1.08. The molecule has 0 amide bonds. The van der Waals surface area contributed by atoms with Crippen LogP contribution in [0.25, 0.3) is 10.9 Å². The molecule has 0 spiro atoms. The zero-order chi connectivity index (χ0) is 20.4. The maximum atomic E-state index is 11.4. The van der Waals surface area contributed by atoms with Crippen LogP contribution in [0.15, 0.2) is 87.5 Å². The molecule has 3 aromatic carbocycles. The second-order valence-electron chi connectivity index (χ2n) is 6.42. The third-order valence-electron chi connectivity index (χ3n) is 4.56. The van der Waals surface area contributed by atoms with Crippen LogP contribution in [0.4, 0.5) is 11.4 Å². The normalized spacial score (nSPS) is 11.3. The molecule has 6 nitrogen and oxygen atoms in total. The largest absolute Gasteiger partial charge is 0.493 e. The quantitative estimate of drug-likeness (QED) is 0.351. The molecule has 1 heterocycles. The third-order valence-corrected chi connectivity index (χ3v) is 5.09. The Morgan fingerprint density at radius 2 is 1.62 bits per heavy atom. The van der Waals surface area contributed by atoms with Gasteiger partial charge in [-0.15, -0.1) is 10.2 Å². The standard InChI is InChI=1S/C22H16BrN3O3/c23-15-11-9-14(10-12-15)13-26-19-8-4-2-6-17(19)20(21(26)27)25-24-18-7-3-1-5-16(18)22(28)29/h1-12,27H,13H2,(H,28,29). The third kappa shape index (κ3) is 3.77. The molecule has 0 aliphatic rings. The molecule has 4 aromatic rings. The van der Waals surface area contributed by atoms with Gasteiger partial charge in [0.2, 0.25) is 5.88 Å². The summed E-state index contributed by atoms with van der Waals surface area (Å²) in [6.45, 7) is 0.459. The lowest BCUT2D eigenvalue weighted by atomic mass is 10.2. The predicted octanol–water partition coefficient (Wildman–Crippen LogP) is 6.27. The minimum absolute atomic E-state index is 0.0225. The van der Waals surface area contributed by atoms with E-state index in [1.165, 1.54) is 6.07 Å². The number of para-hydroxylation sites is 1. The summed E-state index contributed by atoms with van der Waals surface area (Å²) in [5.74, 6) is -1.10. The molecule has 2 N–H and O–H groups in total. The fourth-order valence-corrected chi connectivity index (χ4v) is 3.41. The monoisotopic (exact) mass is 449 g/mol. The van der Waals surface area contributed by atoms with Crippen LogP contribution >= 0.6 is 15.9 Å². The first-order valence-electron chi connectivity index (χ1n) is 8.83. The Morgan fingerprint density at radius 1 is 0.931 bits per heavy atom. The van der Waals surface area contributed by atoms with Crippen LogP contribution in [0.1, 0.15) is 15.9 Å². The Hall–Kier alpha value is -3.45. The number of hydrogen-bond acceptors (Lipinski definition) is 4. The maximum Gasteiger partial charge on any atom is 0.337 e. The van der Waals surface area contributed by atoms with E-state index in [0.717, 1.165) is 20.9 Å². The molecule has 29 heavy (non-hydrogen) atoms. The summed E-state index contributed by atoms with van der Waals surface area (Å²) < 4.78 is 2.74. The average Bonchev–Trinajstić information content (AvgIpc) is 2.99. The van der Waals surface area contributed by atoms with Gasteiger partial charge in [-0.25, -0.2) is 4.79 Å². The topological polar surface area (TPSA) is 87.2 Å². The smallest absolute Gasteiger partial charge is 0.337 e. The minimum Gasteiger partial charge on any atom is -0.493 e. The number of halogens is 1. The van der Waals surface area contributed by atoms with Crippen LogP contribution in [-0.4, -0.2) is 20.7 Å². The number of hydrogen-bond donors (Lipinski definition) is 2. The number of aromatic carboxylic acids is 1. The van der Waals surface area contributed by atoms with E-state index in [1.54, 1.807) is 22.8 Å². The van der Waals surface area contributed by atoms with Crippen LogP contribution in [0, 0.1) is 0 Å². The lowest BCUT2D eigenvalue weighted by Crippen LogP contribution is -1.98. The summed E-state index contributed by atoms with van der Waals surface area (Å²) in [5.41, 5.74) is 2.41. The summed E-state index contributed by atoms with van der Waals surface area (Å²) in [4.78, 5) is 11.4. The first-order chi connectivity index (χ1) is 14.0. The number of carbonyl (C=O) groups is 1. The molecule has 1 aromatic heterocycles. The summed E-state index contributed by atoms with van der Waals surface area (Å²) >= 11 is 3.42. The van der Waals surface area contributed by atoms with Gasteiger partial charge < -0.3 is 14.8 Å². The van der Waals surface area contributed by atoms with Gasteiger partial charge in [-0.05, 0) is 35.9 Å². The first kappa shape index (κ1) is 18.9. The van der Waals surface area contributed by atoms with Gasteiger partial charge in [-0.1, -0.05) is 58.4 Å². The molecule has 0 saturated carbocycles. The number of nitrogens with zero attached hydrogens (tertiary/aromatic N) is 3. The van der Waals surface area contributed by atoms with Crippen molar-refractivity contribution in [1.82, 2.24) is 4.57 Å². The molecule has 0 fully saturated rings. The Labute approximate surface area is 174 Å². The summed E-state index contributed by atoms with van der Waals surface area (Å²) in [5, 5.41) is 29.2. The van der Waals surface area contributed by atoms with Gasteiger partial charge in [0.05, 0.1) is 17.6 Å². The average molecular weight is 450 g/mol. The molecule has 144 valence electrons. The molecular weight excluding hydrogens is 434 g/mol. The van der Waals surface area contributed by atoms with Crippen molar-refractivity contribution in [3.63, 3.8) is 0 Å². The van der Waals surface area contributed by atoms with Crippen LogP contribution in [0.3, 0.4) is 0 Å². The second kappa shape index (κ2) is 7.89. The first-order valence-corrected chi connectivity index (χ1v) is 9.62. The molecule has 0 atom stereocenters. The molecule has 0 radical (unpaired) electrons. The van der Waals surface area contributed by atoms with E-state index in [-0.39, 0.29) is 17.1 Å². The highest BCUT2D eigenvalue weighted by molar-refractivity contribution is 9.10. The summed E-state index contributed by atoms with van der Waals surface area (Å²) in [7, 11) is 0. The van der Waals surface area contributed by atoms with Gasteiger partial charge in [-0.3, -0.25) is 0 Å². The lowest BCUT2D eigenvalue weighted by Gasteiger charge is -2.07. The van der Waals surface area contributed by atoms with E-state index < -0.39 is 5.97 Å². The highest BCUT2D eigenvalue weighted by Crippen LogP contribution is 2.40. The fourth-order valence-electron chi connectivity index (χ4n) is 3.15. The second-order valence-corrected chi connectivity index (χ2v) is 7.34. The number of benzene rings is 3. The lowest BCUT2D eigenvalue weighted by molar-refractivity contribution is 0.0697. The molecule has 0 saturated heterocycles. The Balaban J connectivity index is 1.79. The van der Waals surface area contributed by atoms with Gasteiger partial charge >= 0.3 is 5.97 Å². The number of fused-ring (bicyclic) bond motifs is 1. The molecule has 0 bridgehead atoms. The number of carboxylic acid groups (broad SMARTS) is 1. The molecule has 0 unspecified atom stereocenters. The summed E-state index contributed by atoms with van der Waals surface area (Å²) in [6, 6.07) is 21.7. The zero-order valence-electron chi connectivity index (χ0n) is 15.2. The van der Waals surface area contributed by atoms with E-state index in [1.807, 2.05) is 48.5 Å². The van der Waals surface area contributed by atoms with Crippen LogP contribution in [-0.2, 0) is 6.54 Å². The van der Waals surface area contributed by atoms with Crippen molar-refractivity contribution >= 4 is 44.2 Å². The van der Waals surface area contributed by atoms with Gasteiger partial charge in [0.15, 0.2) is 5.69 Å². The van der Waals surface area contributed by atoms with Gasteiger partial charge in [-0.2, -0.15) is 0 Å². The van der Waals surface area contributed by atoms with Crippen molar-refractivity contribution in [2.75, 3.05) is 0 Å². The molecule has 4 rings (SSSR count). The predicted molar refractivity (Wildman–Crippen MR) is 114 cm³/mol. The molecule has 0 aliphatic heterocycles. The number of rotatable bonds is 5. The van der Waals surface area contributed by atoms with Crippen molar-refractivity contribution in [3.8, 4) is 5.88 Å². The van der Waals surface area contributed by atoms with E-state index >= 15 is 0 Å². The zero-order valence-corrected chi connectivity index (χ0v) is 16.7. The Morgan fingerprint density at radius 3 is 2.38 bits per heavy atom. The maximum absolute atomic E-state index is 11.4.